The summed E-state index contributed by atoms with van der Waals surface area (Å²) in [5.74, 6) is 0.950. The second-order valence-corrected chi connectivity index (χ2v) is 6.95. The van der Waals surface area contributed by atoms with Gasteiger partial charge in [-0.1, -0.05) is 49.6 Å². The Kier molecular flexibility index (Phi) is 6.53. The second kappa shape index (κ2) is 9.26. The molecule has 1 fully saturated rings. The number of methoxy groups -OCH3 is 1. The van der Waals surface area contributed by atoms with Gasteiger partial charge in [0.05, 0.1) is 13.7 Å². The van der Waals surface area contributed by atoms with E-state index in [0.29, 0.717) is 18.3 Å². The molecule has 0 aromatic heterocycles. The highest BCUT2D eigenvalue weighted by Gasteiger charge is 2.18. The molecule has 2 aromatic rings. The van der Waals surface area contributed by atoms with Gasteiger partial charge in [-0.2, -0.15) is 0 Å². The fraction of sp³-hybridized carbons (Fsp3) is 0.348. The van der Waals surface area contributed by atoms with Gasteiger partial charge >= 0.3 is 5.97 Å². The van der Waals surface area contributed by atoms with E-state index in [2.05, 4.69) is 0 Å². The minimum atomic E-state index is -0.979. The molecule has 1 saturated carbocycles. The Morgan fingerprint density at radius 2 is 1.89 bits per heavy atom. The topological polar surface area (TPSA) is 55.8 Å². The highest BCUT2D eigenvalue weighted by atomic mass is 16.5. The number of benzene rings is 2. The van der Waals surface area contributed by atoms with Gasteiger partial charge < -0.3 is 14.6 Å². The second-order valence-electron chi connectivity index (χ2n) is 6.95. The summed E-state index contributed by atoms with van der Waals surface area (Å²) in [6.07, 6.45) is 8.99. The van der Waals surface area contributed by atoms with Crippen molar-refractivity contribution < 1.29 is 19.4 Å². The van der Waals surface area contributed by atoms with E-state index in [4.69, 9.17) is 14.6 Å². The van der Waals surface area contributed by atoms with Crippen molar-refractivity contribution >= 4 is 12.0 Å². The monoisotopic (exact) mass is 366 g/mol. The van der Waals surface area contributed by atoms with Gasteiger partial charge in [-0.25, -0.2) is 4.79 Å². The van der Waals surface area contributed by atoms with Gasteiger partial charge in [0.2, 0.25) is 0 Å². The van der Waals surface area contributed by atoms with Gasteiger partial charge in [0, 0.05) is 11.6 Å². The molecule has 0 heterocycles. The zero-order chi connectivity index (χ0) is 19.1. The van der Waals surface area contributed by atoms with Crippen molar-refractivity contribution in [3.8, 4) is 22.6 Å². The van der Waals surface area contributed by atoms with Gasteiger partial charge in [0.25, 0.3) is 0 Å². The predicted octanol–water partition coefficient (Wildman–Crippen LogP) is 5.42. The summed E-state index contributed by atoms with van der Waals surface area (Å²) >= 11 is 0. The van der Waals surface area contributed by atoms with Crippen molar-refractivity contribution in [1.29, 1.82) is 0 Å². The van der Waals surface area contributed by atoms with Crippen molar-refractivity contribution in [2.24, 2.45) is 5.92 Å². The summed E-state index contributed by atoms with van der Waals surface area (Å²) in [6.45, 7) is 0.681. The first-order chi connectivity index (χ1) is 13.2. The lowest BCUT2D eigenvalue weighted by atomic mass is 9.90. The largest absolute Gasteiger partial charge is 0.493 e. The van der Waals surface area contributed by atoms with E-state index in [1.54, 1.807) is 13.2 Å². The number of hydrogen-bond acceptors (Lipinski definition) is 3. The van der Waals surface area contributed by atoms with Crippen LogP contribution in [0.1, 0.15) is 37.7 Å². The number of carbonyl (C=O) groups is 1. The Morgan fingerprint density at radius 3 is 2.56 bits per heavy atom. The van der Waals surface area contributed by atoms with Crippen molar-refractivity contribution in [1.82, 2.24) is 0 Å². The van der Waals surface area contributed by atoms with Crippen LogP contribution in [-0.4, -0.2) is 24.8 Å². The molecule has 3 rings (SSSR count). The lowest BCUT2D eigenvalue weighted by Gasteiger charge is -2.23. The predicted molar refractivity (Wildman–Crippen MR) is 107 cm³/mol. The van der Waals surface area contributed by atoms with Crippen LogP contribution in [0.4, 0.5) is 0 Å². The maximum Gasteiger partial charge on any atom is 0.328 e. The van der Waals surface area contributed by atoms with Gasteiger partial charge in [-0.3, -0.25) is 0 Å². The third-order valence-electron chi connectivity index (χ3n) is 4.99. The smallest absolute Gasteiger partial charge is 0.328 e. The molecule has 4 nitrogen and oxygen atoms in total. The zero-order valence-electron chi connectivity index (χ0n) is 15.7. The van der Waals surface area contributed by atoms with Crippen LogP contribution in [-0.2, 0) is 4.79 Å². The average molecular weight is 366 g/mol. The first kappa shape index (κ1) is 19.0. The van der Waals surface area contributed by atoms with E-state index < -0.39 is 5.97 Å². The average Bonchev–Trinajstić information content (AvgIpc) is 2.71. The molecule has 0 spiro atoms. The minimum absolute atomic E-state index is 0.582. The summed E-state index contributed by atoms with van der Waals surface area (Å²) < 4.78 is 11.9. The van der Waals surface area contributed by atoms with Crippen molar-refractivity contribution in [2.75, 3.05) is 13.7 Å². The molecule has 0 saturated heterocycles. The lowest BCUT2D eigenvalue weighted by molar-refractivity contribution is -0.131. The standard InChI is InChI=1S/C23H26O4/c1-26-21-15-18(12-13-22(24)25)14-20(19-10-6-3-7-11-19)23(21)27-16-17-8-4-2-5-9-17/h3,6-7,10-15,17H,2,4-5,8-9,16H2,1H3,(H,24,25). The van der Waals surface area contributed by atoms with Crippen LogP contribution >= 0.6 is 0 Å². The van der Waals surface area contributed by atoms with Crippen LogP contribution in [0.2, 0.25) is 0 Å². The van der Waals surface area contributed by atoms with Gasteiger partial charge in [0.1, 0.15) is 0 Å². The minimum Gasteiger partial charge on any atom is -0.493 e. The molecule has 1 aliphatic carbocycles. The van der Waals surface area contributed by atoms with E-state index in [1.165, 1.54) is 32.1 Å². The van der Waals surface area contributed by atoms with Crippen LogP contribution in [0.15, 0.2) is 48.5 Å². The van der Waals surface area contributed by atoms with E-state index in [-0.39, 0.29) is 0 Å². The molecule has 0 bridgehead atoms. The molecule has 2 aromatic carbocycles. The SMILES string of the molecule is COc1cc(C=CC(=O)O)cc(-c2ccccc2)c1OCC1CCCCC1. The molecule has 1 N–H and O–H groups in total. The number of rotatable bonds is 7. The van der Waals surface area contributed by atoms with Crippen molar-refractivity contribution in [2.45, 2.75) is 32.1 Å². The van der Waals surface area contributed by atoms with E-state index in [9.17, 15) is 4.79 Å². The zero-order valence-corrected chi connectivity index (χ0v) is 15.7. The normalized spacial score (nSPS) is 15.0. The molecular weight excluding hydrogens is 340 g/mol. The van der Waals surface area contributed by atoms with Crippen LogP contribution in [0.3, 0.4) is 0 Å². The summed E-state index contributed by atoms with van der Waals surface area (Å²) in [5, 5.41) is 8.93. The van der Waals surface area contributed by atoms with Crippen molar-refractivity contribution in [3.05, 3.63) is 54.1 Å². The summed E-state index contributed by atoms with van der Waals surface area (Å²) in [5.41, 5.74) is 2.69. The molecule has 27 heavy (non-hydrogen) atoms. The highest BCUT2D eigenvalue weighted by Crippen LogP contribution is 2.40. The van der Waals surface area contributed by atoms with Crippen LogP contribution in [0, 0.1) is 5.92 Å². The van der Waals surface area contributed by atoms with Gasteiger partial charge in [-0.15, -0.1) is 0 Å². The Bertz CT molecular complexity index is 790. The summed E-state index contributed by atoms with van der Waals surface area (Å²) in [6, 6.07) is 13.7. The third-order valence-corrected chi connectivity index (χ3v) is 4.99. The molecule has 0 unspecified atom stereocenters. The van der Waals surface area contributed by atoms with Gasteiger partial charge in [-0.05, 0) is 48.1 Å². The van der Waals surface area contributed by atoms with Crippen LogP contribution in [0.5, 0.6) is 11.5 Å². The first-order valence-electron chi connectivity index (χ1n) is 9.48. The molecule has 0 aliphatic heterocycles. The quantitative estimate of drug-likeness (QED) is 0.665. The van der Waals surface area contributed by atoms with E-state index in [0.717, 1.165) is 28.5 Å². The number of hydrogen-bond donors (Lipinski definition) is 1. The molecule has 142 valence electrons. The highest BCUT2D eigenvalue weighted by molar-refractivity contribution is 5.86. The maximum atomic E-state index is 10.9. The van der Waals surface area contributed by atoms with E-state index in [1.807, 2.05) is 42.5 Å². The van der Waals surface area contributed by atoms with E-state index >= 15 is 0 Å². The van der Waals surface area contributed by atoms with Crippen molar-refractivity contribution in [3.63, 3.8) is 0 Å². The Morgan fingerprint density at radius 1 is 1.15 bits per heavy atom. The van der Waals surface area contributed by atoms with Crippen LogP contribution in [0.25, 0.3) is 17.2 Å². The number of carboxylic acids is 1. The first-order valence-corrected chi connectivity index (χ1v) is 9.48. The fourth-order valence-corrected chi connectivity index (χ4v) is 3.57. The number of carboxylic acid groups (broad SMARTS) is 1. The van der Waals surface area contributed by atoms with Gasteiger partial charge in [0.15, 0.2) is 11.5 Å². The molecule has 1 aliphatic rings. The lowest BCUT2D eigenvalue weighted by Crippen LogP contribution is -2.16. The molecule has 0 atom stereocenters. The Labute approximate surface area is 160 Å². The Hall–Kier alpha value is -2.75. The summed E-state index contributed by atoms with van der Waals surface area (Å²) in [4.78, 5) is 10.9. The Balaban J connectivity index is 1.96. The molecule has 4 heteroatoms. The third kappa shape index (κ3) is 5.13. The molecular formula is C23H26O4. The molecule has 0 radical (unpaired) electrons. The number of ether oxygens (including phenoxy) is 2. The molecule has 0 amide bonds. The summed E-state index contributed by atoms with van der Waals surface area (Å²) in [7, 11) is 1.61. The number of aliphatic carboxylic acids is 1. The fourth-order valence-electron chi connectivity index (χ4n) is 3.57. The van der Waals surface area contributed by atoms with Crippen LogP contribution < -0.4 is 9.47 Å². The maximum absolute atomic E-state index is 10.9.